The molecule has 4 nitrogen and oxygen atoms in total. The third-order valence-corrected chi connectivity index (χ3v) is 4.50. The molecule has 0 saturated heterocycles. The zero-order valence-corrected chi connectivity index (χ0v) is 14.1. The molecule has 0 aliphatic heterocycles. The lowest BCUT2D eigenvalue weighted by Gasteiger charge is -2.09. The van der Waals surface area contributed by atoms with Crippen LogP contribution in [0.3, 0.4) is 0 Å². The maximum absolute atomic E-state index is 12.5. The van der Waals surface area contributed by atoms with E-state index >= 15 is 0 Å². The van der Waals surface area contributed by atoms with E-state index in [4.69, 9.17) is 0 Å². The predicted molar refractivity (Wildman–Crippen MR) is 95.4 cm³/mol. The molecule has 0 bridgehead atoms. The lowest BCUT2D eigenvalue weighted by Crippen LogP contribution is -2.16. The number of aromatic nitrogens is 2. The second kappa shape index (κ2) is 6.31. The fourth-order valence-corrected chi connectivity index (χ4v) is 2.64. The molecule has 5 heteroatoms. The second-order valence-electron chi connectivity index (χ2n) is 4.90. The minimum atomic E-state index is -0.180. The Hall–Kier alpha value is -2.15. The number of nitrogens with one attached hydrogen (secondary N) is 1. The Morgan fingerprint density at radius 2 is 1.95 bits per heavy atom. The van der Waals surface area contributed by atoms with Gasteiger partial charge in [0.25, 0.3) is 5.91 Å². The minimum Gasteiger partial charge on any atom is -0.321 e. The Labute approximate surface area is 142 Å². The standard InChI is InChI=1S/C17H14IN3O/c1-12-7-8-13(9-15(12)18)20-17(22)16-10-19-11-21(16)14-5-3-2-4-6-14/h2-11H,1H3,(H,20,22). The van der Waals surface area contributed by atoms with Gasteiger partial charge in [0.15, 0.2) is 0 Å². The summed E-state index contributed by atoms with van der Waals surface area (Å²) in [6, 6.07) is 15.5. The van der Waals surface area contributed by atoms with Gasteiger partial charge < -0.3 is 5.32 Å². The van der Waals surface area contributed by atoms with Gasteiger partial charge in [-0.2, -0.15) is 0 Å². The molecule has 0 aliphatic carbocycles. The van der Waals surface area contributed by atoms with Gasteiger partial charge in [0.2, 0.25) is 0 Å². The second-order valence-corrected chi connectivity index (χ2v) is 6.06. The highest BCUT2D eigenvalue weighted by atomic mass is 127. The van der Waals surface area contributed by atoms with E-state index in [2.05, 4.69) is 32.9 Å². The van der Waals surface area contributed by atoms with Crippen molar-refractivity contribution in [3.8, 4) is 5.69 Å². The van der Waals surface area contributed by atoms with Crippen molar-refractivity contribution in [1.29, 1.82) is 0 Å². The SMILES string of the molecule is Cc1ccc(NC(=O)c2cncn2-c2ccccc2)cc1I. The molecule has 0 saturated carbocycles. The summed E-state index contributed by atoms with van der Waals surface area (Å²) in [4.78, 5) is 16.6. The summed E-state index contributed by atoms with van der Waals surface area (Å²) in [6.45, 7) is 2.04. The molecule has 0 aliphatic rings. The molecule has 22 heavy (non-hydrogen) atoms. The quantitative estimate of drug-likeness (QED) is 0.672. The van der Waals surface area contributed by atoms with Crippen molar-refractivity contribution in [2.24, 2.45) is 0 Å². The molecule has 2 aromatic carbocycles. The molecule has 0 spiro atoms. The Balaban J connectivity index is 1.87. The predicted octanol–water partition coefficient (Wildman–Crippen LogP) is 4.04. The summed E-state index contributed by atoms with van der Waals surface area (Å²) < 4.78 is 2.89. The Morgan fingerprint density at radius 1 is 1.18 bits per heavy atom. The maximum Gasteiger partial charge on any atom is 0.274 e. The van der Waals surface area contributed by atoms with Gasteiger partial charge in [0.05, 0.1) is 12.5 Å². The average molecular weight is 403 g/mol. The lowest BCUT2D eigenvalue weighted by molar-refractivity contribution is 0.102. The van der Waals surface area contributed by atoms with Gasteiger partial charge in [-0.05, 0) is 59.3 Å². The van der Waals surface area contributed by atoms with Crippen molar-refractivity contribution in [2.45, 2.75) is 6.92 Å². The highest BCUT2D eigenvalue weighted by Crippen LogP contribution is 2.18. The number of carbonyl (C=O) groups excluding carboxylic acids is 1. The Morgan fingerprint density at radius 3 is 2.68 bits per heavy atom. The van der Waals surface area contributed by atoms with Crippen LogP contribution in [0.25, 0.3) is 5.69 Å². The molecular formula is C17H14IN3O. The molecule has 1 N–H and O–H groups in total. The van der Waals surface area contributed by atoms with E-state index in [1.54, 1.807) is 17.1 Å². The maximum atomic E-state index is 12.5. The van der Waals surface area contributed by atoms with Crippen LogP contribution >= 0.6 is 22.6 Å². The first-order valence-electron chi connectivity index (χ1n) is 6.80. The van der Waals surface area contributed by atoms with E-state index in [1.165, 1.54) is 5.56 Å². The summed E-state index contributed by atoms with van der Waals surface area (Å²) in [6.07, 6.45) is 3.21. The first-order valence-corrected chi connectivity index (χ1v) is 7.88. The smallest absolute Gasteiger partial charge is 0.274 e. The summed E-state index contributed by atoms with van der Waals surface area (Å²) in [7, 11) is 0. The van der Waals surface area contributed by atoms with Crippen LogP contribution in [0.4, 0.5) is 5.69 Å². The molecule has 0 radical (unpaired) electrons. The van der Waals surface area contributed by atoms with Gasteiger partial charge in [0.1, 0.15) is 5.69 Å². The van der Waals surface area contributed by atoms with Crippen LogP contribution in [0.15, 0.2) is 61.1 Å². The van der Waals surface area contributed by atoms with Crippen LogP contribution in [-0.2, 0) is 0 Å². The summed E-state index contributed by atoms with van der Waals surface area (Å²) in [5.74, 6) is -0.180. The van der Waals surface area contributed by atoms with E-state index in [0.717, 1.165) is 14.9 Å². The Kier molecular flexibility index (Phi) is 4.24. The third kappa shape index (κ3) is 3.04. The van der Waals surface area contributed by atoms with Crippen LogP contribution in [-0.4, -0.2) is 15.5 Å². The number of imidazole rings is 1. The van der Waals surface area contributed by atoms with Gasteiger partial charge in [-0.3, -0.25) is 9.36 Å². The molecule has 1 aromatic heterocycles. The van der Waals surface area contributed by atoms with E-state index in [-0.39, 0.29) is 5.91 Å². The number of hydrogen-bond donors (Lipinski definition) is 1. The first-order chi connectivity index (χ1) is 10.6. The Bertz CT molecular complexity index is 812. The van der Waals surface area contributed by atoms with Crippen molar-refractivity contribution in [3.05, 3.63) is 75.9 Å². The number of halogens is 1. The third-order valence-electron chi connectivity index (χ3n) is 3.34. The zero-order valence-electron chi connectivity index (χ0n) is 12.0. The monoisotopic (exact) mass is 403 g/mol. The fourth-order valence-electron chi connectivity index (χ4n) is 2.12. The summed E-state index contributed by atoms with van der Waals surface area (Å²) in [5, 5.41) is 2.92. The van der Waals surface area contributed by atoms with Crippen molar-refractivity contribution in [1.82, 2.24) is 9.55 Å². The molecule has 1 heterocycles. The van der Waals surface area contributed by atoms with Crippen LogP contribution in [0, 0.1) is 10.5 Å². The summed E-state index contributed by atoms with van der Waals surface area (Å²) >= 11 is 2.26. The van der Waals surface area contributed by atoms with Gasteiger partial charge in [0, 0.05) is 14.9 Å². The van der Waals surface area contributed by atoms with Gasteiger partial charge in [-0.15, -0.1) is 0 Å². The molecule has 0 unspecified atom stereocenters. The molecule has 110 valence electrons. The fraction of sp³-hybridized carbons (Fsp3) is 0.0588. The first kappa shape index (κ1) is 14.8. The van der Waals surface area contributed by atoms with Crippen molar-refractivity contribution < 1.29 is 4.79 Å². The number of rotatable bonds is 3. The van der Waals surface area contributed by atoms with Crippen LogP contribution < -0.4 is 5.32 Å². The van der Waals surface area contributed by atoms with E-state index in [1.807, 2.05) is 55.5 Å². The molecule has 3 rings (SSSR count). The average Bonchev–Trinajstić information content (AvgIpc) is 3.01. The largest absolute Gasteiger partial charge is 0.321 e. The molecular weight excluding hydrogens is 389 g/mol. The molecule has 0 fully saturated rings. The lowest BCUT2D eigenvalue weighted by atomic mass is 10.2. The molecule has 3 aromatic rings. The van der Waals surface area contributed by atoms with Crippen LogP contribution in [0.5, 0.6) is 0 Å². The van der Waals surface area contributed by atoms with Gasteiger partial charge >= 0.3 is 0 Å². The minimum absolute atomic E-state index is 0.180. The van der Waals surface area contributed by atoms with E-state index in [0.29, 0.717) is 5.69 Å². The number of carbonyl (C=O) groups is 1. The number of anilines is 1. The van der Waals surface area contributed by atoms with Crippen molar-refractivity contribution in [3.63, 3.8) is 0 Å². The number of nitrogens with zero attached hydrogens (tertiary/aromatic N) is 2. The van der Waals surface area contributed by atoms with Crippen molar-refractivity contribution in [2.75, 3.05) is 5.32 Å². The van der Waals surface area contributed by atoms with E-state index in [9.17, 15) is 4.79 Å². The van der Waals surface area contributed by atoms with Gasteiger partial charge in [-0.1, -0.05) is 24.3 Å². The highest BCUT2D eigenvalue weighted by Gasteiger charge is 2.13. The van der Waals surface area contributed by atoms with Gasteiger partial charge in [-0.25, -0.2) is 4.98 Å². The topological polar surface area (TPSA) is 46.9 Å². The number of benzene rings is 2. The normalized spacial score (nSPS) is 10.5. The summed E-state index contributed by atoms with van der Waals surface area (Å²) in [5.41, 5.74) is 3.37. The zero-order chi connectivity index (χ0) is 15.5. The highest BCUT2D eigenvalue weighted by molar-refractivity contribution is 14.1. The molecule has 0 atom stereocenters. The van der Waals surface area contributed by atoms with Crippen molar-refractivity contribution >= 4 is 34.2 Å². The molecule has 1 amide bonds. The van der Waals surface area contributed by atoms with Crippen LogP contribution in [0.1, 0.15) is 16.1 Å². The van der Waals surface area contributed by atoms with E-state index < -0.39 is 0 Å². The number of hydrogen-bond acceptors (Lipinski definition) is 2. The number of aryl methyl sites for hydroxylation is 1. The van der Waals surface area contributed by atoms with Crippen LogP contribution in [0.2, 0.25) is 0 Å². The number of amides is 1. The number of para-hydroxylation sites is 1.